The zero-order valence-electron chi connectivity index (χ0n) is 13.0. The highest BCUT2D eigenvalue weighted by Crippen LogP contribution is 2.20. The largest absolute Gasteiger partial charge is 0.396 e. The molecule has 0 aliphatic carbocycles. The van der Waals surface area contributed by atoms with Crippen molar-refractivity contribution in [3.63, 3.8) is 0 Å². The van der Waals surface area contributed by atoms with Crippen molar-refractivity contribution in [1.29, 1.82) is 0 Å². The number of aryl methyl sites for hydroxylation is 2. The standard InChI is InChI=1S/C15H22N4O2/c1-5-15(3,6-7-20)18-14(21)11-8-10(2)17-13-12(11)9-16-19(13)4/h8-9,20H,5-7H2,1-4H3,(H,18,21). The Hall–Kier alpha value is -1.95. The van der Waals surface area contributed by atoms with Crippen molar-refractivity contribution in [2.75, 3.05) is 6.61 Å². The molecule has 6 nitrogen and oxygen atoms in total. The smallest absolute Gasteiger partial charge is 0.252 e. The summed E-state index contributed by atoms with van der Waals surface area (Å²) in [6.07, 6.45) is 2.93. The minimum Gasteiger partial charge on any atom is -0.396 e. The van der Waals surface area contributed by atoms with E-state index in [1.54, 1.807) is 24.0 Å². The molecule has 2 rings (SSSR count). The number of pyridine rings is 1. The second-order valence-electron chi connectivity index (χ2n) is 5.66. The first kappa shape index (κ1) is 15.4. The van der Waals surface area contributed by atoms with Crippen LogP contribution in [0.1, 0.15) is 42.7 Å². The summed E-state index contributed by atoms with van der Waals surface area (Å²) in [5.41, 5.74) is 1.62. The maximum atomic E-state index is 12.6. The van der Waals surface area contributed by atoms with Gasteiger partial charge >= 0.3 is 0 Å². The molecule has 2 heterocycles. The van der Waals surface area contributed by atoms with Gasteiger partial charge in [0.2, 0.25) is 0 Å². The second kappa shape index (κ2) is 5.81. The maximum Gasteiger partial charge on any atom is 0.252 e. The molecule has 1 amide bonds. The summed E-state index contributed by atoms with van der Waals surface area (Å²) in [5, 5.41) is 17.1. The fourth-order valence-electron chi connectivity index (χ4n) is 2.34. The van der Waals surface area contributed by atoms with Crippen LogP contribution in [-0.4, -0.2) is 37.9 Å². The lowest BCUT2D eigenvalue weighted by atomic mass is 9.94. The number of hydrogen-bond acceptors (Lipinski definition) is 4. The van der Waals surface area contributed by atoms with Gasteiger partial charge in [-0.2, -0.15) is 5.10 Å². The van der Waals surface area contributed by atoms with E-state index in [-0.39, 0.29) is 12.5 Å². The maximum absolute atomic E-state index is 12.6. The number of aliphatic hydroxyl groups is 1. The van der Waals surface area contributed by atoms with Crippen LogP contribution in [0.2, 0.25) is 0 Å². The molecule has 0 bridgehead atoms. The van der Waals surface area contributed by atoms with Crippen molar-refractivity contribution in [2.24, 2.45) is 7.05 Å². The summed E-state index contributed by atoms with van der Waals surface area (Å²) in [4.78, 5) is 17.0. The summed E-state index contributed by atoms with van der Waals surface area (Å²) in [6, 6.07) is 1.77. The van der Waals surface area contributed by atoms with Crippen molar-refractivity contribution in [3.8, 4) is 0 Å². The van der Waals surface area contributed by atoms with Crippen LogP contribution in [0.3, 0.4) is 0 Å². The highest BCUT2D eigenvalue weighted by Gasteiger charge is 2.25. The number of carbonyl (C=O) groups excluding carboxylic acids is 1. The Morgan fingerprint density at radius 2 is 2.24 bits per heavy atom. The van der Waals surface area contributed by atoms with Gasteiger partial charge in [0, 0.05) is 24.9 Å². The first-order valence-corrected chi connectivity index (χ1v) is 7.13. The molecule has 0 aromatic carbocycles. The fraction of sp³-hybridized carbons (Fsp3) is 0.533. The Balaban J connectivity index is 2.39. The molecular formula is C15H22N4O2. The average molecular weight is 290 g/mol. The molecule has 2 aromatic rings. The van der Waals surface area contributed by atoms with E-state index in [2.05, 4.69) is 15.4 Å². The van der Waals surface area contributed by atoms with Gasteiger partial charge in [0.15, 0.2) is 5.65 Å². The Kier molecular flexibility index (Phi) is 4.27. The quantitative estimate of drug-likeness (QED) is 0.875. The minimum absolute atomic E-state index is 0.0439. The SMILES string of the molecule is CCC(C)(CCO)NC(=O)c1cc(C)nc2c1cnn2C. The molecule has 0 fully saturated rings. The van der Waals surface area contributed by atoms with E-state index >= 15 is 0 Å². The van der Waals surface area contributed by atoms with Crippen molar-refractivity contribution in [1.82, 2.24) is 20.1 Å². The summed E-state index contributed by atoms with van der Waals surface area (Å²) in [6.45, 7) is 5.83. The van der Waals surface area contributed by atoms with E-state index in [4.69, 9.17) is 5.11 Å². The van der Waals surface area contributed by atoms with E-state index in [0.29, 0.717) is 17.6 Å². The number of nitrogens with one attached hydrogen (secondary N) is 1. The highest BCUT2D eigenvalue weighted by atomic mass is 16.3. The van der Waals surface area contributed by atoms with E-state index in [0.717, 1.165) is 17.5 Å². The van der Waals surface area contributed by atoms with Gasteiger partial charge in [0.05, 0.1) is 17.1 Å². The molecule has 1 unspecified atom stereocenters. The molecular weight excluding hydrogens is 268 g/mol. The molecule has 0 aliphatic rings. The normalized spacial score (nSPS) is 14.1. The van der Waals surface area contributed by atoms with Crippen molar-refractivity contribution in [2.45, 2.75) is 39.2 Å². The van der Waals surface area contributed by atoms with Crippen LogP contribution in [-0.2, 0) is 7.05 Å². The van der Waals surface area contributed by atoms with Gasteiger partial charge in [-0.25, -0.2) is 4.98 Å². The Labute approximate surface area is 124 Å². The van der Waals surface area contributed by atoms with Crippen LogP contribution in [0.5, 0.6) is 0 Å². The van der Waals surface area contributed by atoms with Crippen LogP contribution in [0.4, 0.5) is 0 Å². The van der Waals surface area contributed by atoms with E-state index in [9.17, 15) is 4.79 Å². The number of nitrogens with zero attached hydrogens (tertiary/aromatic N) is 3. The predicted molar refractivity (Wildman–Crippen MR) is 81.1 cm³/mol. The van der Waals surface area contributed by atoms with Crippen LogP contribution in [0, 0.1) is 6.92 Å². The lowest BCUT2D eigenvalue weighted by Crippen LogP contribution is -2.46. The number of amides is 1. The van der Waals surface area contributed by atoms with Crippen molar-refractivity contribution >= 4 is 16.9 Å². The fourth-order valence-corrected chi connectivity index (χ4v) is 2.34. The molecule has 0 spiro atoms. The van der Waals surface area contributed by atoms with Gasteiger partial charge in [0.25, 0.3) is 5.91 Å². The number of carbonyl (C=O) groups is 1. The summed E-state index contributed by atoms with van der Waals surface area (Å²) < 4.78 is 1.66. The third-order valence-corrected chi connectivity index (χ3v) is 3.94. The molecule has 2 aromatic heterocycles. The number of aromatic nitrogens is 3. The number of hydrogen-bond donors (Lipinski definition) is 2. The summed E-state index contributed by atoms with van der Waals surface area (Å²) >= 11 is 0. The van der Waals surface area contributed by atoms with Crippen LogP contribution >= 0.6 is 0 Å². The lowest BCUT2D eigenvalue weighted by molar-refractivity contribution is 0.0887. The minimum atomic E-state index is -0.419. The molecule has 0 radical (unpaired) electrons. The Morgan fingerprint density at radius 3 is 2.86 bits per heavy atom. The van der Waals surface area contributed by atoms with Crippen molar-refractivity contribution in [3.05, 3.63) is 23.5 Å². The molecule has 114 valence electrons. The molecule has 2 N–H and O–H groups in total. The molecule has 0 saturated heterocycles. The van der Waals surface area contributed by atoms with Gasteiger partial charge in [-0.15, -0.1) is 0 Å². The second-order valence-corrected chi connectivity index (χ2v) is 5.66. The lowest BCUT2D eigenvalue weighted by Gasteiger charge is -2.29. The molecule has 0 saturated carbocycles. The number of rotatable bonds is 5. The van der Waals surface area contributed by atoms with Gasteiger partial charge in [-0.1, -0.05) is 6.92 Å². The first-order valence-electron chi connectivity index (χ1n) is 7.13. The zero-order valence-corrected chi connectivity index (χ0v) is 13.0. The molecule has 0 aliphatic heterocycles. The first-order chi connectivity index (χ1) is 9.90. The molecule has 21 heavy (non-hydrogen) atoms. The van der Waals surface area contributed by atoms with Crippen LogP contribution in [0.15, 0.2) is 12.3 Å². The Morgan fingerprint density at radius 1 is 1.52 bits per heavy atom. The van der Waals surface area contributed by atoms with Gasteiger partial charge in [0.1, 0.15) is 0 Å². The third kappa shape index (κ3) is 3.05. The molecule has 6 heteroatoms. The summed E-state index contributed by atoms with van der Waals surface area (Å²) in [5.74, 6) is -0.156. The number of aliphatic hydroxyl groups excluding tert-OH is 1. The van der Waals surface area contributed by atoms with E-state index in [1.807, 2.05) is 20.8 Å². The topological polar surface area (TPSA) is 80.0 Å². The van der Waals surface area contributed by atoms with Crippen molar-refractivity contribution < 1.29 is 9.90 Å². The Bertz CT molecular complexity index is 665. The van der Waals surface area contributed by atoms with Gasteiger partial charge < -0.3 is 10.4 Å². The third-order valence-electron chi connectivity index (χ3n) is 3.94. The van der Waals surface area contributed by atoms with Gasteiger partial charge in [-0.3, -0.25) is 9.48 Å². The predicted octanol–water partition coefficient (Wildman–Crippen LogP) is 1.56. The van der Waals surface area contributed by atoms with Crippen LogP contribution in [0.25, 0.3) is 11.0 Å². The monoisotopic (exact) mass is 290 g/mol. The number of fused-ring (bicyclic) bond motifs is 1. The summed E-state index contributed by atoms with van der Waals surface area (Å²) in [7, 11) is 1.80. The van der Waals surface area contributed by atoms with Crippen LogP contribution < -0.4 is 5.32 Å². The highest BCUT2D eigenvalue weighted by molar-refractivity contribution is 6.05. The molecule has 1 atom stereocenters. The zero-order chi connectivity index (χ0) is 15.6. The van der Waals surface area contributed by atoms with E-state index in [1.165, 1.54) is 0 Å². The average Bonchev–Trinajstić information content (AvgIpc) is 2.80. The van der Waals surface area contributed by atoms with E-state index < -0.39 is 5.54 Å². The van der Waals surface area contributed by atoms with Gasteiger partial charge in [-0.05, 0) is 32.8 Å².